The second-order valence-electron chi connectivity index (χ2n) is 3.90. The van der Waals surface area contributed by atoms with E-state index >= 15 is 0 Å². The van der Waals surface area contributed by atoms with E-state index in [4.69, 9.17) is 9.47 Å². The molecular weight excluding hydrogens is 312 g/mol. The van der Waals surface area contributed by atoms with Crippen LogP contribution in [0.15, 0.2) is 22.7 Å². The van der Waals surface area contributed by atoms with Crippen LogP contribution in [0, 0.1) is 0 Å². The lowest BCUT2D eigenvalue weighted by Crippen LogP contribution is -2.14. The molecule has 0 aliphatic heterocycles. The van der Waals surface area contributed by atoms with Crippen molar-refractivity contribution in [2.75, 3.05) is 13.2 Å². The molecule has 0 saturated heterocycles. The number of unbranched alkanes of at least 4 members (excludes halogenated alkanes) is 1. The maximum atomic E-state index is 12.0. The second kappa shape index (κ2) is 7.94. The smallest absolute Gasteiger partial charge is 0.339 e. The molecule has 0 atom stereocenters. The summed E-state index contributed by atoms with van der Waals surface area (Å²) < 4.78 is 10.8. The van der Waals surface area contributed by atoms with Crippen molar-refractivity contribution in [1.29, 1.82) is 0 Å². The summed E-state index contributed by atoms with van der Waals surface area (Å²) in [5.74, 6) is -1.02. The summed E-state index contributed by atoms with van der Waals surface area (Å²) in [6.07, 6.45) is 1.74. The highest BCUT2D eigenvalue weighted by atomic mass is 79.9. The first-order valence-electron chi connectivity index (χ1n) is 6.24. The molecule has 0 aliphatic carbocycles. The van der Waals surface area contributed by atoms with Crippen LogP contribution < -0.4 is 0 Å². The van der Waals surface area contributed by atoms with Gasteiger partial charge in [-0.25, -0.2) is 9.59 Å². The quantitative estimate of drug-likeness (QED) is 0.591. The first-order chi connectivity index (χ1) is 9.10. The molecule has 0 radical (unpaired) electrons. The monoisotopic (exact) mass is 328 g/mol. The number of rotatable bonds is 6. The van der Waals surface area contributed by atoms with Crippen LogP contribution >= 0.6 is 15.9 Å². The van der Waals surface area contributed by atoms with E-state index in [2.05, 4.69) is 15.9 Å². The van der Waals surface area contributed by atoms with Gasteiger partial charge in [0.05, 0.1) is 24.3 Å². The predicted molar refractivity (Wildman–Crippen MR) is 75.3 cm³/mol. The molecule has 0 aromatic heterocycles. The summed E-state index contributed by atoms with van der Waals surface area (Å²) in [6.45, 7) is 4.34. The number of hydrogen-bond acceptors (Lipinski definition) is 4. The van der Waals surface area contributed by atoms with Gasteiger partial charge >= 0.3 is 11.9 Å². The average Bonchev–Trinajstić information content (AvgIpc) is 2.39. The van der Waals surface area contributed by atoms with E-state index in [9.17, 15) is 9.59 Å². The highest BCUT2D eigenvalue weighted by Gasteiger charge is 2.19. The number of halogens is 1. The van der Waals surface area contributed by atoms with Crippen LogP contribution in [0.5, 0.6) is 0 Å². The van der Waals surface area contributed by atoms with Crippen molar-refractivity contribution < 1.29 is 19.1 Å². The molecule has 0 aliphatic rings. The third-order valence-electron chi connectivity index (χ3n) is 2.43. The minimum Gasteiger partial charge on any atom is -0.462 e. The fourth-order valence-corrected chi connectivity index (χ4v) is 1.82. The summed E-state index contributed by atoms with van der Waals surface area (Å²) in [4.78, 5) is 23.7. The van der Waals surface area contributed by atoms with Crippen LogP contribution in [0.4, 0.5) is 0 Å². The molecule has 5 heteroatoms. The zero-order valence-electron chi connectivity index (χ0n) is 11.1. The van der Waals surface area contributed by atoms with Crippen molar-refractivity contribution in [1.82, 2.24) is 0 Å². The van der Waals surface area contributed by atoms with Crippen LogP contribution in [0.2, 0.25) is 0 Å². The highest BCUT2D eigenvalue weighted by molar-refractivity contribution is 9.10. The molecule has 0 saturated carbocycles. The largest absolute Gasteiger partial charge is 0.462 e. The number of esters is 2. The summed E-state index contributed by atoms with van der Waals surface area (Å²) >= 11 is 3.27. The third-order valence-corrected chi connectivity index (χ3v) is 2.92. The molecule has 19 heavy (non-hydrogen) atoms. The molecule has 1 aromatic carbocycles. The van der Waals surface area contributed by atoms with Crippen LogP contribution in [0.1, 0.15) is 47.4 Å². The molecule has 4 nitrogen and oxygen atoms in total. The molecular formula is C14H17BrO4. The van der Waals surface area contributed by atoms with Crippen molar-refractivity contribution in [2.24, 2.45) is 0 Å². The van der Waals surface area contributed by atoms with E-state index in [1.165, 1.54) is 0 Å². The Hall–Kier alpha value is -1.36. The SMILES string of the molecule is CCCCOC(=O)c1cc(Br)ccc1C(=O)OCC. The Bertz CT molecular complexity index is 457. The Kier molecular flexibility index (Phi) is 6.56. The Morgan fingerprint density at radius 2 is 1.79 bits per heavy atom. The normalized spacial score (nSPS) is 10.1. The molecule has 0 spiro atoms. The lowest BCUT2D eigenvalue weighted by atomic mass is 10.1. The lowest BCUT2D eigenvalue weighted by molar-refractivity contribution is 0.0463. The van der Waals surface area contributed by atoms with E-state index in [1.54, 1.807) is 25.1 Å². The van der Waals surface area contributed by atoms with Gasteiger partial charge in [-0.2, -0.15) is 0 Å². The summed E-state index contributed by atoms with van der Waals surface area (Å²) in [7, 11) is 0. The van der Waals surface area contributed by atoms with Gasteiger partial charge in [-0.15, -0.1) is 0 Å². The van der Waals surface area contributed by atoms with Gasteiger partial charge in [0.2, 0.25) is 0 Å². The fraction of sp³-hybridized carbons (Fsp3) is 0.429. The van der Waals surface area contributed by atoms with Gasteiger partial charge in [0.25, 0.3) is 0 Å². The van der Waals surface area contributed by atoms with Crippen molar-refractivity contribution in [2.45, 2.75) is 26.7 Å². The van der Waals surface area contributed by atoms with Crippen molar-refractivity contribution in [3.63, 3.8) is 0 Å². The van der Waals surface area contributed by atoms with Crippen LogP contribution in [0.25, 0.3) is 0 Å². The minimum absolute atomic E-state index is 0.226. The molecule has 1 aromatic rings. The zero-order chi connectivity index (χ0) is 14.3. The summed E-state index contributed by atoms with van der Waals surface area (Å²) in [5.41, 5.74) is 0.454. The Balaban J connectivity index is 2.93. The van der Waals surface area contributed by atoms with Gasteiger partial charge in [0.15, 0.2) is 0 Å². The van der Waals surface area contributed by atoms with Gasteiger partial charge in [-0.3, -0.25) is 0 Å². The average molecular weight is 329 g/mol. The Morgan fingerprint density at radius 1 is 1.11 bits per heavy atom. The molecule has 0 amide bonds. The van der Waals surface area contributed by atoms with E-state index in [0.717, 1.165) is 12.8 Å². The molecule has 0 fully saturated rings. The first-order valence-corrected chi connectivity index (χ1v) is 7.03. The standard InChI is InChI=1S/C14H17BrO4/c1-3-5-8-19-14(17)12-9-10(15)6-7-11(12)13(16)18-4-2/h6-7,9H,3-5,8H2,1-2H3. The molecule has 104 valence electrons. The van der Waals surface area contributed by atoms with Crippen LogP contribution in [-0.4, -0.2) is 25.2 Å². The number of hydrogen-bond donors (Lipinski definition) is 0. The Labute approximate surface area is 121 Å². The zero-order valence-corrected chi connectivity index (χ0v) is 12.7. The van der Waals surface area contributed by atoms with E-state index in [0.29, 0.717) is 11.1 Å². The topological polar surface area (TPSA) is 52.6 Å². The molecule has 0 N–H and O–H groups in total. The van der Waals surface area contributed by atoms with Crippen LogP contribution in [-0.2, 0) is 9.47 Å². The van der Waals surface area contributed by atoms with Gasteiger partial charge in [0, 0.05) is 4.47 Å². The third kappa shape index (κ3) is 4.67. The fourth-order valence-electron chi connectivity index (χ4n) is 1.46. The van der Waals surface area contributed by atoms with E-state index in [-0.39, 0.29) is 17.7 Å². The molecule has 0 bridgehead atoms. The molecule has 0 unspecified atom stereocenters. The maximum Gasteiger partial charge on any atom is 0.339 e. The minimum atomic E-state index is -0.516. The second-order valence-corrected chi connectivity index (χ2v) is 4.82. The predicted octanol–water partition coefficient (Wildman–Crippen LogP) is 3.58. The van der Waals surface area contributed by atoms with E-state index < -0.39 is 11.9 Å². The maximum absolute atomic E-state index is 12.0. The molecule has 0 heterocycles. The van der Waals surface area contributed by atoms with Gasteiger partial charge < -0.3 is 9.47 Å². The van der Waals surface area contributed by atoms with E-state index in [1.807, 2.05) is 6.92 Å². The number of ether oxygens (including phenoxy) is 2. The number of carbonyl (C=O) groups excluding carboxylic acids is 2. The first kappa shape index (κ1) is 15.7. The van der Waals surface area contributed by atoms with Crippen molar-refractivity contribution in [3.8, 4) is 0 Å². The van der Waals surface area contributed by atoms with Gasteiger partial charge in [-0.05, 0) is 31.5 Å². The summed E-state index contributed by atoms with van der Waals surface area (Å²) in [5, 5.41) is 0. The number of carbonyl (C=O) groups is 2. The van der Waals surface area contributed by atoms with Gasteiger partial charge in [0.1, 0.15) is 0 Å². The highest BCUT2D eigenvalue weighted by Crippen LogP contribution is 2.19. The number of benzene rings is 1. The van der Waals surface area contributed by atoms with Gasteiger partial charge in [-0.1, -0.05) is 29.3 Å². The van der Waals surface area contributed by atoms with Crippen LogP contribution in [0.3, 0.4) is 0 Å². The summed E-state index contributed by atoms with van der Waals surface area (Å²) in [6, 6.07) is 4.81. The molecule has 1 rings (SSSR count). The Morgan fingerprint density at radius 3 is 2.42 bits per heavy atom. The van der Waals surface area contributed by atoms with Crippen molar-refractivity contribution in [3.05, 3.63) is 33.8 Å². The van der Waals surface area contributed by atoms with Crippen molar-refractivity contribution >= 4 is 27.9 Å². The lowest BCUT2D eigenvalue weighted by Gasteiger charge is -2.09.